The van der Waals surface area contributed by atoms with Crippen molar-refractivity contribution in [3.63, 3.8) is 0 Å². The van der Waals surface area contributed by atoms with Crippen LogP contribution in [0.2, 0.25) is 0 Å². The van der Waals surface area contributed by atoms with Crippen LogP contribution in [0.15, 0.2) is 42.5 Å². The van der Waals surface area contributed by atoms with Crippen LogP contribution < -0.4 is 21.9 Å². The number of aryl methyl sites for hydroxylation is 1. The van der Waals surface area contributed by atoms with Crippen LogP contribution in [0.4, 0.5) is 0 Å². The zero-order valence-electron chi connectivity index (χ0n) is 17.7. The maximum absolute atomic E-state index is 6.34. The SMILES string of the molecule is C=C1CC(C2=CC[C@H](C)C=C2)Cc2cc(O[C@@H]3CC[C@@H](N)C(N)C3N)cc(C)c21. The van der Waals surface area contributed by atoms with Crippen molar-refractivity contribution >= 4 is 5.57 Å². The third-order valence-electron chi connectivity index (χ3n) is 6.96. The van der Waals surface area contributed by atoms with Crippen LogP contribution in [0.3, 0.4) is 0 Å². The summed E-state index contributed by atoms with van der Waals surface area (Å²) in [6, 6.07) is 3.82. The molecule has 6 atom stereocenters. The van der Waals surface area contributed by atoms with E-state index >= 15 is 0 Å². The van der Waals surface area contributed by atoms with Crippen molar-refractivity contribution in [3.8, 4) is 5.75 Å². The minimum absolute atomic E-state index is 0.0428. The second kappa shape index (κ2) is 8.10. The molecule has 3 aliphatic rings. The van der Waals surface area contributed by atoms with Gasteiger partial charge in [-0.25, -0.2) is 0 Å². The van der Waals surface area contributed by atoms with Crippen molar-refractivity contribution in [2.75, 3.05) is 0 Å². The molecule has 0 bridgehead atoms. The van der Waals surface area contributed by atoms with E-state index in [0.717, 1.165) is 37.9 Å². The first-order valence-electron chi connectivity index (χ1n) is 11.0. The minimum atomic E-state index is -0.239. The third-order valence-corrected chi connectivity index (χ3v) is 6.96. The Hall–Kier alpha value is -1.88. The Bertz CT molecular complexity index is 856. The summed E-state index contributed by atoms with van der Waals surface area (Å²) in [5.41, 5.74) is 25.1. The van der Waals surface area contributed by atoms with E-state index in [1.54, 1.807) is 0 Å². The highest BCUT2D eigenvalue weighted by Gasteiger charge is 2.35. The van der Waals surface area contributed by atoms with Crippen molar-refractivity contribution < 1.29 is 4.74 Å². The van der Waals surface area contributed by atoms with Crippen LogP contribution >= 0.6 is 0 Å². The number of hydrogen-bond donors (Lipinski definition) is 3. The fraction of sp³-hybridized carbons (Fsp3) is 0.520. The fourth-order valence-electron chi connectivity index (χ4n) is 5.17. The summed E-state index contributed by atoms with van der Waals surface area (Å²) in [6.07, 6.45) is 11.8. The fourth-order valence-corrected chi connectivity index (χ4v) is 5.17. The first kappa shape index (κ1) is 20.4. The number of rotatable bonds is 3. The molecule has 0 saturated heterocycles. The standard InChI is InChI=1S/C25H35N3O/c1-14-4-6-17(7-5-14)18-10-15(2)23-16(3)11-20(13-19(23)12-18)29-22-9-8-21(26)24(27)25(22)28/h4,6-7,11,13-14,18,21-22,24-25H,2,5,8-10,12,26-28H2,1,3H3/t14-,18?,21-,22-,24?,25?/m1/s1. The van der Waals surface area contributed by atoms with E-state index in [4.69, 9.17) is 21.9 Å². The first-order valence-corrected chi connectivity index (χ1v) is 11.0. The lowest BCUT2D eigenvalue weighted by atomic mass is 9.75. The number of allylic oxidation sites excluding steroid dienone is 5. The molecule has 1 aromatic carbocycles. The van der Waals surface area contributed by atoms with E-state index in [0.29, 0.717) is 11.8 Å². The summed E-state index contributed by atoms with van der Waals surface area (Å²) in [5.74, 6) is 2.02. The van der Waals surface area contributed by atoms with E-state index in [1.807, 2.05) is 0 Å². The Labute approximate surface area is 174 Å². The molecule has 0 aliphatic heterocycles. The summed E-state index contributed by atoms with van der Waals surface area (Å²) in [7, 11) is 0. The summed E-state index contributed by atoms with van der Waals surface area (Å²) >= 11 is 0. The second-order valence-electron chi connectivity index (χ2n) is 9.31. The smallest absolute Gasteiger partial charge is 0.120 e. The Morgan fingerprint density at radius 1 is 1.07 bits per heavy atom. The monoisotopic (exact) mass is 393 g/mol. The molecule has 0 radical (unpaired) electrons. The molecule has 0 heterocycles. The summed E-state index contributed by atoms with van der Waals surface area (Å²) < 4.78 is 6.34. The highest BCUT2D eigenvalue weighted by atomic mass is 16.5. The lowest BCUT2D eigenvalue weighted by molar-refractivity contribution is 0.111. The number of benzene rings is 1. The molecule has 1 aromatic rings. The van der Waals surface area contributed by atoms with Crippen molar-refractivity contribution in [3.05, 3.63) is 59.2 Å². The van der Waals surface area contributed by atoms with Gasteiger partial charge in [0.15, 0.2) is 0 Å². The predicted molar refractivity (Wildman–Crippen MR) is 121 cm³/mol. The lowest BCUT2D eigenvalue weighted by Gasteiger charge is -2.38. The van der Waals surface area contributed by atoms with Crippen LogP contribution in [-0.2, 0) is 6.42 Å². The number of ether oxygens (including phenoxy) is 1. The average Bonchev–Trinajstić information content (AvgIpc) is 2.68. The molecule has 1 fully saturated rings. The molecule has 3 aliphatic carbocycles. The molecule has 3 unspecified atom stereocenters. The van der Waals surface area contributed by atoms with Crippen LogP contribution in [0, 0.1) is 18.8 Å². The molecule has 4 heteroatoms. The van der Waals surface area contributed by atoms with Crippen molar-refractivity contribution in [1.29, 1.82) is 0 Å². The molecular weight excluding hydrogens is 358 g/mol. The first-order chi connectivity index (χ1) is 13.8. The molecule has 156 valence electrons. The van der Waals surface area contributed by atoms with Crippen LogP contribution in [0.25, 0.3) is 5.57 Å². The van der Waals surface area contributed by atoms with Gasteiger partial charge >= 0.3 is 0 Å². The minimum Gasteiger partial charge on any atom is -0.489 e. The molecule has 29 heavy (non-hydrogen) atoms. The summed E-state index contributed by atoms with van der Waals surface area (Å²) in [5, 5.41) is 0. The van der Waals surface area contributed by atoms with E-state index in [-0.39, 0.29) is 24.2 Å². The normalized spacial score (nSPS) is 34.5. The maximum Gasteiger partial charge on any atom is 0.120 e. The number of fused-ring (bicyclic) bond motifs is 1. The van der Waals surface area contributed by atoms with Gasteiger partial charge in [0.2, 0.25) is 0 Å². The molecule has 6 N–H and O–H groups in total. The number of hydrogen-bond acceptors (Lipinski definition) is 4. The van der Waals surface area contributed by atoms with Gasteiger partial charge < -0.3 is 21.9 Å². The molecule has 4 rings (SSSR count). The van der Waals surface area contributed by atoms with Gasteiger partial charge in [-0.1, -0.05) is 31.7 Å². The molecule has 1 saturated carbocycles. The van der Waals surface area contributed by atoms with E-state index in [2.05, 4.69) is 50.8 Å². The topological polar surface area (TPSA) is 87.3 Å². The highest BCUT2D eigenvalue weighted by Crippen LogP contribution is 2.41. The Morgan fingerprint density at radius 2 is 1.86 bits per heavy atom. The van der Waals surface area contributed by atoms with Gasteiger partial charge in [-0.15, -0.1) is 0 Å². The van der Waals surface area contributed by atoms with Gasteiger partial charge in [0, 0.05) is 12.1 Å². The zero-order chi connectivity index (χ0) is 20.7. The van der Waals surface area contributed by atoms with Gasteiger partial charge in [0.05, 0.1) is 6.04 Å². The summed E-state index contributed by atoms with van der Waals surface area (Å²) in [6.45, 7) is 8.83. The molecular formula is C25H35N3O. The van der Waals surface area contributed by atoms with E-state index < -0.39 is 0 Å². The van der Waals surface area contributed by atoms with Crippen molar-refractivity contribution in [2.45, 2.75) is 70.2 Å². The van der Waals surface area contributed by atoms with Gasteiger partial charge in [0.1, 0.15) is 11.9 Å². The van der Waals surface area contributed by atoms with Crippen LogP contribution in [0.5, 0.6) is 5.75 Å². The van der Waals surface area contributed by atoms with Crippen molar-refractivity contribution in [1.82, 2.24) is 0 Å². The summed E-state index contributed by atoms with van der Waals surface area (Å²) in [4.78, 5) is 0. The lowest BCUT2D eigenvalue weighted by Crippen LogP contribution is -2.62. The molecule has 0 spiro atoms. The Morgan fingerprint density at radius 3 is 2.59 bits per heavy atom. The van der Waals surface area contributed by atoms with Gasteiger partial charge in [-0.2, -0.15) is 0 Å². The number of nitrogens with two attached hydrogens (primary N) is 3. The molecule has 0 amide bonds. The maximum atomic E-state index is 6.34. The predicted octanol–water partition coefficient (Wildman–Crippen LogP) is 3.62. The van der Waals surface area contributed by atoms with Crippen molar-refractivity contribution in [2.24, 2.45) is 29.0 Å². The van der Waals surface area contributed by atoms with Gasteiger partial charge in [0.25, 0.3) is 0 Å². The van der Waals surface area contributed by atoms with Gasteiger partial charge in [-0.3, -0.25) is 0 Å². The molecule has 0 aromatic heterocycles. The molecule has 4 nitrogen and oxygen atoms in total. The quantitative estimate of drug-likeness (QED) is 0.732. The highest BCUT2D eigenvalue weighted by molar-refractivity contribution is 5.73. The van der Waals surface area contributed by atoms with Gasteiger partial charge in [-0.05, 0) is 90.8 Å². The second-order valence-corrected chi connectivity index (χ2v) is 9.31. The zero-order valence-corrected chi connectivity index (χ0v) is 17.7. The van der Waals surface area contributed by atoms with Crippen LogP contribution in [0.1, 0.15) is 49.3 Å². The third kappa shape index (κ3) is 4.07. The van der Waals surface area contributed by atoms with E-state index in [1.165, 1.54) is 27.8 Å². The van der Waals surface area contributed by atoms with Crippen LogP contribution in [-0.4, -0.2) is 24.2 Å². The Balaban J connectivity index is 1.56. The van der Waals surface area contributed by atoms with E-state index in [9.17, 15) is 0 Å². The average molecular weight is 394 g/mol. The Kier molecular flexibility index (Phi) is 5.69. The largest absolute Gasteiger partial charge is 0.489 e.